The standard InChI is InChI=1S/C14H25N3O/c1-14(2,3)11-6-4-10(5-7-11)13-16-12(8-9-15)17-18-13/h10-11H,4-9,15H2,1-3H3. The van der Waals surface area contributed by atoms with Crippen LogP contribution in [-0.2, 0) is 6.42 Å². The van der Waals surface area contributed by atoms with Crippen molar-refractivity contribution in [3.8, 4) is 0 Å². The molecule has 1 saturated carbocycles. The number of nitrogens with two attached hydrogens (primary N) is 1. The average molecular weight is 251 g/mol. The SMILES string of the molecule is CC(C)(C)C1CCC(c2nc(CCN)no2)CC1. The molecule has 0 unspecified atom stereocenters. The van der Waals surface area contributed by atoms with Gasteiger partial charge in [-0.1, -0.05) is 25.9 Å². The quantitative estimate of drug-likeness (QED) is 0.897. The molecule has 1 fully saturated rings. The Morgan fingerprint density at radius 2 is 1.89 bits per heavy atom. The van der Waals surface area contributed by atoms with Gasteiger partial charge in [-0.3, -0.25) is 0 Å². The molecule has 1 aromatic heterocycles. The maximum Gasteiger partial charge on any atom is 0.229 e. The molecule has 1 aliphatic carbocycles. The third kappa shape index (κ3) is 3.10. The Bertz CT molecular complexity index is 373. The van der Waals surface area contributed by atoms with Crippen LogP contribution in [0.5, 0.6) is 0 Å². The maximum absolute atomic E-state index is 5.49. The predicted octanol–water partition coefficient (Wildman–Crippen LogP) is 2.89. The summed E-state index contributed by atoms with van der Waals surface area (Å²) in [6.07, 6.45) is 5.59. The number of hydrogen-bond acceptors (Lipinski definition) is 4. The van der Waals surface area contributed by atoms with E-state index < -0.39 is 0 Å². The molecule has 0 atom stereocenters. The van der Waals surface area contributed by atoms with Gasteiger partial charge in [-0.2, -0.15) is 4.98 Å². The third-order valence-corrected chi connectivity index (χ3v) is 4.15. The summed E-state index contributed by atoms with van der Waals surface area (Å²) in [5, 5.41) is 3.98. The van der Waals surface area contributed by atoms with E-state index in [0.29, 0.717) is 24.3 Å². The summed E-state index contributed by atoms with van der Waals surface area (Å²) < 4.78 is 5.36. The molecule has 4 heteroatoms. The molecule has 1 aromatic rings. The van der Waals surface area contributed by atoms with Crippen LogP contribution in [-0.4, -0.2) is 16.7 Å². The first-order valence-electron chi connectivity index (χ1n) is 7.03. The van der Waals surface area contributed by atoms with Gasteiger partial charge in [-0.15, -0.1) is 0 Å². The summed E-state index contributed by atoms with van der Waals surface area (Å²) in [6, 6.07) is 0. The van der Waals surface area contributed by atoms with Crippen LogP contribution in [0, 0.1) is 11.3 Å². The highest BCUT2D eigenvalue weighted by Crippen LogP contribution is 2.42. The van der Waals surface area contributed by atoms with Crippen LogP contribution in [0.15, 0.2) is 4.52 Å². The van der Waals surface area contributed by atoms with Crippen molar-refractivity contribution in [3.05, 3.63) is 11.7 Å². The molecule has 0 radical (unpaired) electrons. The third-order valence-electron chi connectivity index (χ3n) is 4.15. The lowest BCUT2D eigenvalue weighted by Crippen LogP contribution is -2.25. The van der Waals surface area contributed by atoms with E-state index >= 15 is 0 Å². The van der Waals surface area contributed by atoms with Crippen molar-refractivity contribution in [1.82, 2.24) is 10.1 Å². The lowest BCUT2D eigenvalue weighted by molar-refractivity contribution is 0.159. The Labute approximate surface area is 109 Å². The summed E-state index contributed by atoms with van der Waals surface area (Å²) in [7, 11) is 0. The van der Waals surface area contributed by atoms with E-state index in [-0.39, 0.29) is 0 Å². The second-order valence-electron chi connectivity index (χ2n) is 6.50. The minimum atomic E-state index is 0.421. The summed E-state index contributed by atoms with van der Waals surface area (Å²) in [4.78, 5) is 4.45. The van der Waals surface area contributed by atoms with E-state index in [1.165, 1.54) is 25.7 Å². The van der Waals surface area contributed by atoms with Gasteiger partial charge in [0.25, 0.3) is 0 Å². The van der Waals surface area contributed by atoms with Gasteiger partial charge in [0, 0.05) is 12.3 Å². The van der Waals surface area contributed by atoms with Gasteiger partial charge >= 0.3 is 0 Å². The van der Waals surface area contributed by atoms with Crippen LogP contribution >= 0.6 is 0 Å². The highest BCUT2D eigenvalue weighted by Gasteiger charge is 2.32. The zero-order valence-corrected chi connectivity index (χ0v) is 11.8. The summed E-state index contributed by atoms with van der Waals surface area (Å²) in [6.45, 7) is 7.59. The van der Waals surface area contributed by atoms with Gasteiger partial charge in [-0.25, -0.2) is 0 Å². The molecule has 0 saturated heterocycles. The first kappa shape index (κ1) is 13.5. The van der Waals surface area contributed by atoms with Crippen LogP contribution in [0.2, 0.25) is 0 Å². The fraction of sp³-hybridized carbons (Fsp3) is 0.857. The van der Waals surface area contributed by atoms with E-state index in [2.05, 4.69) is 30.9 Å². The zero-order valence-electron chi connectivity index (χ0n) is 11.8. The Balaban J connectivity index is 1.92. The Morgan fingerprint density at radius 3 is 2.44 bits per heavy atom. The largest absolute Gasteiger partial charge is 0.339 e. The van der Waals surface area contributed by atoms with Gasteiger partial charge in [0.05, 0.1) is 0 Å². The number of nitrogens with zero attached hydrogens (tertiary/aromatic N) is 2. The molecule has 2 rings (SSSR count). The minimum absolute atomic E-state index is 0.421. The summed E-state index contributed by atoms with van der Waals surface area (Å²) in [5.74, 6) is 2.86. The van der Waals surface area contributed by atoms with E-state index in [1.54, 1.807) is 0 Å². The Morgan fingerprint density at radius 1 is 1.22 bits per heavy atom. The van der Waals surface area contributed by atoms with Gasteiger partial charge < -0.3 is 10.3 Å². The van der Waals surface area contributed by atoms with Crippen molar-refractivity contribution in [3.63, 3.8) is 0 Å². The molecule has 0 bridgehead atoms. The van der Waals surface area contributed by atoms with Gasteiger partial charge in [0.1, 0.15) is 0 Å². The molecule has 2 N–H and O–H groups in total. The molecule has 0 spiro atoms. The van der Waals surface area contributed by atoms with Crippen molar-refractivity contribution >= 4 is 0 Å². The van der Waals surface area contributed by atoms with E-state index in [0.717, 1.165) is 17.6 Å². The van der Waals surface area contributed by atoms with Crippen LogP contribution < -0.4 is 5.73 Å². The summed E-state index contributed by atoms with van der Waals surface area (Å²) >= 11 is 0. The van der Waals surface area contributed by atoms with Crippen molar-refractivity contribution < 1.29 is 4.52 Å². The zero-order chi connectivity index (χ0) is 13.2. The maximum atomic E-state index is 5.49. The number of rotatable bonds is 3. The molecular formula is C14H25N3O. The fourth-order valence-corrected chi connectivity index (χ4v) is 2.87. The smallest absolute Gasteiger partial charge is 0.229 e. The molecule has 0 amide bonds. The number of aromatic nitrogens is 2. The normalized spacial score (nSPS) is 25.3. The van der Waals surface area contributed by atoms with E-state index in [9.17, 15) is 0 Å². The second-order valence-corrected chi connectivity index (χ2v) is 6.50. The van der Waals surface area contributed by atoms with Crippen LogP contribution in [0.4, 0.5) is 0 Å². The fourth-order valence-electron chi connectivity index (χ4n) is 2.87. The highest BCUT2D eigenvalue weighted by molar-refractivity contribution is 4.97. The van der Waals surface area contributed by atoms with Crippen LogP contribution in [0.3, 0.4) is 0 Å². The molecule has 1 aliphatic rings. The molecule has 1 heterocycles. The lowest BCUT2D eigenvalue weighted by atomic mass is 9.70. The topological polar surface area (TPSA) is 64.9 Å². The summed E-state index contributed by atoms with van der Waals surface area (Å²) in [5.41, 5.74) is 5.91. The van der Waals surface area contributed by atoms with Crippen LogP contribution in [0.1, 0.15) is 64.1 Å². The number of hydrogen-bond donors (Lipinski definition) is 1. The molecule has 0 aromatic carbocycles. The van der Waals surface area contributed by atoms with Gasteiger partial charge in [0.15, 0.2) is 5.82 Å². The van der Waals surface area contributed by atoms with Gasteiger partial charge in [-0.05, 0) is 43.6 Å². The first-order chi connectivity index (χ1) is 8.50. The van der Waals surface area contributed by atoms with Crippen LogP contribution in [0.25, 0.3) is 0 Å². The first-order valence-corrected chi connectivity index (χ1v) is 7.03. The monoisotopic (exact) mass is 251 g/mol. The van der Waals surface area contributed by atoms with Crippen molar-refractivity contribution in [1.29, 1.82) is 0 Å². The minimum Gasteiger partial charge on any atom is -0.339 e. The van der Waals surface area contributed by atoms with E-state index in [1.807, 2.05) is 0 Å². The average Bonchev–Trinajstić information content (AvgIpc) is 2.77. The molecule has 102 valence electrons. The highest BCUT2D eigenvalue weighted by atomic mass is 16.5. The molecule has 4 nitrogen and oxygen atoms in total. The van der Waals surface area contributed by atoms with E-state index in [4.69, 9.17) is 10.3 Å². The van der Waals surface area contributed by atoms with Crippen molar-refractivity contribution in [2.45, 2.75) is 58.8 Å². The van der Waals surface area contributed by atoms with Gasteiger partial charge in [0.2, 0.25) is 5.89 Å². The predicted molar refractivity (Wildman–Crippen MR) is 71.2 cm³/mol. The van der Waals surface area contributed by atoms with Crippen molar-refractivity contribution in [2.24, 2.45) is 17.1 Å². The Hall–Kier alpha value is -0.900. The molecular weight excluding hydrogens is 226 g/mol. The second kappa shape index (κ2) is 5.39. The molecule has 18 heavy (non-hydrogen) atoms. The Kier molecular flexibility index (Phi) is 4.05. The van der Waals surface area contributed by atoms with Crippen molar-refractivity contribution in [2.75, 3.05) is 6.54 Å². The molecule has 0 aliphatic heterocycles. The lowest BCUT2D eigenvalue weighted by Gasteiger charge is -2.35.